The van der Waals surface area contributed by atoms with Crippen molar-refractivity contribution < 1.29 is 0 Å². The Morgan fingerprint density at radius 3 is 1.55 bits per heavy atom. The average molecular weight is 277 g/mol. The van der Waals surface area contributed by atoms with E-state index in [1.165, 1.54) is 38.5 Å². The van der Waals surface area contributed by atoms with Crippen molar-refractivity contribution in [3.63, 3.8) is 0 Å². The van der Waals surface area contributed by atoms with Gasteiger partial charge in [0.05, 0.1) is 0 Å². The van der Waals surface area contributed by atoms with Gasteiger partial charge in [-0.2, -0.15) is 0 Å². The van der Waals surface area contributed by atoms with Gasteiger partial charge in [0.15, 0.2) is 0 Å². The fourth-order valence-electron chi connectivity index (χ4n) is 2.47. The summed E-state index contributed by atoms with van der Waals surface area (Å²) >= 11 is 0. The summed E-state index contributed by atoms with van der Waals surface area (Å²) in [4.78, 5) is 0. The molecule has 1 aromatic rings. The minimum absolute atomic E-state index is 0.899. The van der Waals surface area contributed by atoms with Crippen molar-refractivity contribution in [2.45, 2.75) is 73.1 Å². The molecule has 3 unspecified atom stereocenters. The topological polar surface area (TPSA) is 0 Å². The van der Waals surface area contributed by atoms with Gasteiger partial charge < -0.3 is 0 Å². The highest BCUT2D eigenvalue weighted by Gasteiger charge is 2.16. The first-order valence-corrected chi connectivity index (χ1v) is 8.63. The zero-order chi connectivity index (χ0) is 15.2. The van der Waals surface area contributed by atoms with Crippen molar-refractivity contribution in [3.05, 3.63) is 36.4 Å². The van der Waals surface area contributed by atoms with Crippen LogP contribution >= 0.6 is 0 Å². The smallest absolute Gasteiger partial charge is 0.0391 e. The second kappa shape index (κ2) is 13.2. The van der Waals surface area contributed by atoms with Crippen molar-refractivity contribution in [3.8, 4) is 0 Å². The van der Waals surface area contributed by atoms with Gasteiger partial charge in [0.1, 0.15) is 0 Å². The van der Waals surface area contributed by atoms with Crippen LogP contribution in [0.25, 0.3) is 0 Å². The third-order valence-electron chi connectivity index (χ3n) is 4.62. The maximum Gasteiger partial charge on any atom is -0.0391 e. The largest absolute Gasteiger partial charge is 0.0654 e. The fourth-order valence-corrected chi connectivity index (χ4v) is 2.47. The molecule has 0 amide bonds. The maximum atomic E-state index is 2.43. The number of rotatable bonds is 8. The molecular formula is C20H36. The standard InChI is InChI=1S/C14H30.C6H6/c1-6-8-9-10-11-13(4)14(5)12(3)7-2;1-2-4-6-5-3-1/h12-14H,6-11H2,1-5H3;1-6H. The van der Waals surface area contributed by atoms with Gasteiger partial charge >= 0.3 is 0 Å². The zero-order valence-corrected chi connectivity index (χ0v) is 14.4. The second-order valence-electron chi connectivity index (χ2n) is 6.23. The molecule has 0 aliphatic carbocycles. The quantitative estimate of drug-likeness (QED) is 0.450. The molecule has 0 nitrogen and oxygen atoms in total. The van der Waals surface area contributed by atoms with E-state index in [9.17, 15) is 0 Å². The normalized spacial score (nSPS) is 14.8. The molecule has 0 aromatic heterocycles. The van der Waals surface area contributed by atoms with E-state index < -0.39 is 0 Å². The van der Waals surface area contributed by atoms with Gasteiger partial charge in [0, 0.05) is 0 Å². The van der Waals surface area contributed by atoms with E-state index in [2.05, 4.69) is 34.6 Å². The molecule has 1 aromatic carbocycles. The molecule has 0 radical (unpaired) electrons. The first kappa shape index (κ1) is 19.2. The summed E-state index contributed by atoms with van der Waals surface area (Å²) in [5.41, 5.74) is 0. The minimum atomic E-state index is 0.899. The highest BCUT2D eigenvalue weighted by molar-refractivity contribution is 4.99. The summed E-state index contributed by atoms with van der Waals surface area (Å²) < 4.78 is 0. The molecule has 0 saturated carbocycles. The third-order valence-corrected chi connectivity index (χ3v) is 4.62. The number of hydrogen-bond donors (Lipinski definition) is 0. The second-order valence-corrected chi connectivity index (χ2v) is 6.23. The van der Waals surface area contributed by atoms with Gasteiger partial charge in [-0.25, -0.2) is 0 Å². The van der Waals surface area contributed by atoms with E-state index in [1.54, 1.807) is 0 Å². The van der Waals surface area contributed by atoms with Gasteiger partial charge in [0.25, 0.3) is 0 Å². The van der Waals surface area contributed by atoms with Crippen LogP contribution in [0.4, 0.5) is 0 Å². The van der Waals surface area contributed by atoms with Gasteiger partial charge in [-0.1, -0.05) is 110 Å². The summed E-state index contributed by atoms with van der Waals surface area (Å²) in [5.74, 6) is 2.72. The Kier molecular flexibility index (Phi) is 12.7. The van der Waals surface area contributed by atoms with E-state index in [-0.39, 0.29) is 0 Å². The Morgan fingerprint density at radius 2 is 1.15 bits per heavy atom. The van der Waals surface area contributed by atoms with E-state index >= 15 is 0 Å². The monoisotopic (exact) mass is 276 g/mol. The molecule has 0 fully saturated rings. The van der Waals surface area contributed by atoms with Crippen LogP contribution in [-0.4, -0.2) is 0 Å². The Balaban J connectivity index is 0.000000493. The number of unbranched alkanes of at least 4 members (excludes halogenated alkanes) is 3. The molecule has 0 bridgehead atoms. The summed E-state index contributed by atoms with van der Waals surface area (Å²) in [7, 11) is 0. The van der Waals surface area contributed by atoms with Crippen molar-refractivity contribution in [1.82, 2.24) is 0 Å². The van der Waals surface area contributed by atoms with Crippen LogP contribution < -0.4 is 0 Å². The van der Waals surface area contributed by atoms with Gasteiger partial charge in [-0.15, -0.1) is 0 Å². The van der Waals surface area contributed by atoms with Crippen molar-refractivity contribution >= 4 is 0 Å². The average Bonchev–Trinajstić information content (AvgIpc) is 2.52. The lowest BCUT2D eigenvalue weighted by Gasteiger charge is -2.25. The summed E-state index contributed by atoms with van der Waals surface area (Å²) in [5, 5.41) is 0. The summed E-state index contributed by atoms with van der Waals surface area (Å²) in [6.07, 6.45) is 8.43. The molecule has 0 heteroatoms. The van der Waals surface area contributed by atoms with Crippen LogP contribution in [0.15, 0.2) is 36.4 Å². The Morgan fingerprint density at radius 1 is 0.650 bits per heavy atom. The first-order valence-electron chi connectivity index (χ1n) is 8.63. The molecule has 116 valence electrons. The van der Waals surface area contributed by atoms with Crippen molar-refractivity contribution in [2.24, 2.45) is 17.8 Å². The third kappa shape index (κ3) is 10.1. The highest BCUT2D eigenvalue weighted by Crippen LogP contribution is 2.26. The number of benzene rings is 1. The van der Waals surface area contributed by atoms with E-state index in [0.717, 1.165) is 17.8 Å². The SMILES string of the molecule is CCCCCCC(C)C(C)C(C)CC.c1ccccc1. The van der Waals surface area contributed by atoms with Crippen molar-refractivity contribution in [2.75, 3.05) is 0 Å². The van der Waals surface area contributed by atoms with Crippen LogP contribution in [0.3, 0.4) is 0 Å². The summed E-state index contributed by atoms with van der Waals surface area (Å²) in [6, 6.07) is 12.0. The molecule has 3 atom stereocenters. The lowest BCUT2D eigenvalue weighted by molar-refractivity contribution is 0.255. The van der Waals surface area contributed by atoms with Gasteiger partial charge in [0.2, 0.25) is 0 Å². The van der Waals surface area contributed by atoms with Crippen LogP contribution in [0, 0.1) is 17.8 Å². The molecule has 0 N–H and O–H groups in total. The lowest BCUT2D eigenvalue weighted by atomic mass is 9.81. The molecule has 20 heavy (non-hydrogen) atoms. The molecule has 0 saturated heterocycles. The molecule has 1 rings (SSSR count). The van der Waals surface area contributed by atoms with Crippen LogP contribution in [-0.2, 0) is 0 Å². The molecule has 0 aliphatic heterocycles. The predicted octanol–water partition coefficient (Wildman–Crippen LogP) is 6.96. The van der Waals surface area contributed by atoms with E-state index in [1.807, 2.05) is 36.4 Å². The van der Waals surface area contributed by atoms with Gasteiger partial charge in [-0.3, -0.25) is 0 Å². The Bertz CT molecular complexity index is 251. The summed E-state index contributed by atoms with van der Waals surface area (Å²) in [6.45, 7) is 11.9. The Labute approximate surface area is 128 Å². The highest BCUT2D eigenvalue weighted by atomic mass is 14.2. The Hall–Kier alpha value is -0.780. The lowest BCUT2D eigenvalue weighted by Crippen LogP contribution is -2.15. The van der Waals surface area contributed by atoms with Crippen LogP contribution in [0.5, 0.6) is 0 Å². The van der Waals surface area contributed by atoms with Crippen LogP contribution in [0.2, 0.25) is 0 Å². The molecule has 0 spiro atoms. The number of hydrogen-bond acceptors (Lipinski definition) is 0. The van der Waals surface area contributed by atoms with Crippen molar-refractivity contribution in [1.29, 1.82) is 0 Å². The molecule has 0 aliphatic rings. The molecule has 0 heterocycles. The molecular weight excluding hydrogens is 240 g/mol. The fraction of sp³-hybridized carbons (Fsp3) is 0.700. The first-order chi connectivity index (χ1) is 9.63. The van der Waals surface area contributed by atoms with E-state index in [0.29, 0.717) is 0 Å². The van der Waals surface area contributed by atoms with Crippen LogP contribution in [0.1, 0.15) is 73.1 Å². The minimum Gasteiger partial charge on any atom is -0.0654 e. The zero-order valence-electron chi connectivity index (χ0n) is 14.4. The van der Waals surface area contributed by atoms with Gasteiger partial charge in [-0.05, 0) is 17.8 Å². The van der Waals surface area contributed by atoms with E-state index in [4.69, 9.17) is 0 Å². The predicted molar refractivity (Wildman–Crippen MR) is 93.0 cm³/mol. The maximum absolute atomic E-state index is 2.43.